The number of rotatable bonds is 4. The number of hydrogen-bond acceptors (Lipinski definition) is 4. The minimum absolute atomic E-state index is 0.278. The van der Waals surface area contributed by atoms with Gasteiger partial charge in [-0.15, -0.1) is 0 Å². The molecule has 0 radical (unpaired) electrons. The predicted molar refractivity (Wildman–Crippen MR) is 76.6 cm³/mol. The first-order valence-corrected chi connectivity index (χ1v) is 6.85. The smallest absolute Gasteiger partial charge is 0.162 e. The topological polar surface area (TPSA) is 35.9 Å². The first-order chi connectivity index (χ1) is 9.11. The maximum Gasteiger partial charge on any atom is 0.162 e. The number of piperidine rings is 1. The molecule has 1 aliphatic heterocycles. The summed E-state index contributed by atoms with van der Waals surface area (Å²) in [5, 5.41) is 10.1. The van der Waals surface area contributed by atoms with Crippen LogP contribution in [0.5, 0.6) is 11.5 Å². The molecule has 0 saturated carbocycles. The summed E-state index contributed by atoms with van der Waals surface area (Å²) < 4.78 is 5.15. The zero-order valence-electron chi connectivity index (χ0n) is 12.1. The van der Waals surface area contributed by atoms with Crippen LogP contribution in [0.25, 0.3) is 0 Å². The second kappa shape index (κ2) is 6.26. The first-order valence-electron chi connectivity index (χ1n) is 6.85. The molecular formula is C15H24N2O2. The summed E-state index contributed by atoms with van der Waals surface area (Å²) in [6, 6.07) is 6.38. The Morgan fingerprint density at radius 1 is 1.32 bits per heavy atom. The van der Waals surface area contributed by atoms with Crippen molar-refractivity contribution in [3.63, 3.8) is 0 Å². The van der Waals surface area contributed by atoms with Crippen molar-refractivity contribution < 1.29 is 9.84 Å². The number of benzene rings is 1. The Bertz CT molecular complexity index is 413. The zero-order chi connectivity index (χ0) is 13.8. The quantitative estimate of drug-likeness (QED) is 0.901. The molecule has 0 spiro atoms. The summed E-state index contributed by atoms with van der Waals surface area (Å²) in [4.78, 5) is 4.70. The Hall–Kier alpha value is -1.26. The van der Waals surface area contributed by atoms with Gasteiger partial charge in [0.1, 0.15) is 0 Å². The van der Waals surface area contributed by atoms with Gasteiger partial charge in [-0.05, 0) is 46.1 Å². The highest BCUT2D eigenvalue weighted by molar-refractivity contribution is 5.45. The SMILES string of the molecule is COc1cccc(CN2CCC(N(C)C)CC2)c1O. The molecule has 0 aromatic heterocycles. The van der Waals surface area contributed by atoms with Crippen LogP contribution in [-0.4, -0.2) is 55.2 Å². The number of nitrogens with zero attached hydrogens (tertiary/aromatic N) is 2. The third-order valence-electron chi connectivity index (χ3n) is 3.98. The molecule has 0 atom stereocenters. The number of phenolic OH excluding ortho intramolecular Hbond substituents is 1. The van der Waals surface area contributed by atoms with Crippen LogP contribution in [0.3, 0.4) is 0 Å². The van der Waals surface area contributed by atoms with Gasteiger partial charge in [0.05, 0.1) is 7.11 Å². The molecule has 2 rings (SSSR count). The second-order valence-corrected chi connectivity index (χ2v) is 5.44. The number of likely N-dealkylation sites (tertiary alicyclic amines) is 1. The van der Waals surface area contributed by atoms with E-state index in [1.54, 1.807) is 13.2 Å². The van der Waals surface area contributed by atoms with Crippen molar-refractivity contribution in [3.8, 4) is 11.5 Å². The highest BCUT2D eigenvalue weighted by Gasteiger charge is 2.21. The summed E-state index contributed by atoms with van der Waals surface area (Å²) in [5.74, 6) is 0.834. The van der Waals surface area contributed by atoms with E-state index in [1.165, 1.54) is 12.8 Å². The minimum atomic E-state index is 0.278. The van der Waals surface area contributed by atoms with Crippen molar-refractivity contribution in [1.82, 2.24) is 9.80 Å². The van der Waals surface area contributed by atoms with Crippen LogP contribution in [0.4, 0.5) is 0 Å². The van der Waals surface area contributed by atoms with Crippen molar-refractivity contribution in [2.45, 2.75) is 25.4 Å². The van der Waals surface area contributed by atoms with E-state index in [-0.39, 0.29) is 5.75 Å². The predicted octanol–water partition coefficient (Wildman–Crippen LogP) is 1.93. The molecule has 1 heterocycles. The van der Waals surface area contributed by atoms with Crippen molar-refractivity contribution in [2.24, 2.45) is 0 Å². The van der Waals surface area contributed by atoms with Crippen LogP contribution in [-0.2, 0) is 6.54 Å². The molecular weight excluding hydrogens is 240 g/mol. The van der Waals surface area contributed by atoms with E-state index in [1.807, 2.05) is 12.1 Å². The molecule has 1 N–H and O–H groups in total. The fraction of sp³-hybridized carbons (Fsp3) is 0.600. The molecule has 1 aliphatic rings. The lowest BCUT2D eigenvalue weighted by Crippen LogP contribution is -2.41. The van der Waals surface area contributed by atoms with Crippen LogP contribution < -0.4 is 4.74 Å². The highest BCUT2D eigenvalue weighted by atomic mass is 16.5. The van der Waals surface area contributed by atoms with E-state index in [2.05, 4.69) is 23.9 Å². The maximum absolute atomic E-state index is 10.1. The monoisotopic (exact) mass is 264 g/mol. The number of methoxy groups -OCH3 is 1. The third-order valence-corrected chi connectivity index (χ3v) is 3.98. The van der Waals surface area contributed by atoms with Crippen molar-refractivity contribution >= 4 is 0 Å². The largest absolute Gasteiger partial charge is 0.504 e. The average molecular weight is 264 g/mol. The van der Waals surface area contributed by atoms with Gasteiger partial charge in [0.2, 0.25) is 0 Å². The third kappa shape index (κ3) is 3.39. The van der Waals surface area contributed by atoms with E-state index in [0.717, 1.165) is 25.2 Å². The van der Waals surface area contributed by atoms with E-state index < -0.39 is 0 Å². The van der Waals surface area contributed by atoms with Gasteiger partial charge >= 0.3 is 0 Å². The van der Waals surface area contributed by atoms with Crippen LogP contribution in [0.15, 0.2) is 18.2 Å². The average Bonchev–Trinajstić information content (AvgIpc) is 2.42. The Morgan fingerprint density at radius 2 is 2.00 bits per heavy atom. The summed E-state index contributed by atoms with van der Waals surface area (Å²) in [6.07, 6.45) is 2.38. The number of para-hydroxylation sites is 1. The van der Waals surface area contributed by atoms with Crippen molar-refractivity contribution in [3.05, 3.63) is 23.8 Å². The number of aromatic hydroxyl groups is 1. The molecule has 1 fully saturated rings. The lowest BCUT2D eigenvalue weighted by Gasteiger charge is -2.35. The van der Waals surface area contributed by atoms with Crippen LogP contribution >= 0.6 is 0 Å². The van der Waals surface area contributed by atoms with Gasteiger partial charge in [-0.2, -0.15) is 0 Å². The molecule has 0 aliphatic carbocycles. The molecule has 1 saturated heterocycles. The van der Waals surface area contributed by atoms with Gasteiger partial charge in [0.15, 0.2) is 11.5 Å². The summed E-state index contributed by atoms with van der Waals surface area (Å²) in [5.41, 5.74) is 0.947. The maximum atomic E-state index is 10.1. The fourth-order valence-corrected chi connectivity index (χ4v) is 2.69. The van der Waals surface area contributed by atoms with Crippen LogP contribution in [0.1, 0.15) is 18.4 Å². The van der Waals surface area contributed by atoms with Gasteiger partial charge in [0.25, 0.3) is 0 Å². The van der Waals surface area contributed by atoms with Crippen LogP contribution in [0.2, 0.25) is 0 Å². The Balaban J connectivity index is 1.96. The van der Waals surface area contributed by atoms with Gasteiger partial charge in [0, 0.05) is 18.2 Å². The standard InChI is InChI=1S/C15H24N2O2/c1-16(2)13-7-9-17(10-8-13)11-12-5-4-6-14(19-3)15(12)18/h4-6,13,18H,7-11H2,1-3H3. The summed E-state index contributed by atoms with van der Waals surface area (Å²) in [6.45, 7) is 2.96. The van der Waals surface area contributed by atoms with E-state index in [0.29, 0.717) is 11.8 Å². The van der Waals surface area contributed by atoms with E-state index in [4.69, 9.17) is 4.74 Å². The zero-order valence-corrected chi connectivity index (χ0v) is 12.1. The molecule has 0 amide bonds. The molecule has 4 nitrogen and oxygen atoms in total. The second-order valence-electron chi connectivity index (χ2n) is 5.44. The number of phenols is 1. The molecule has 19 heavy (non-hydrogen) atoms. The van der Waals surface area contributed by atoms with Crippen molar-refractivity contribution in [1.29, 1.82) is 0 Å². The molecule has 1 aromatic rings. The first kappa shape index (κ1) is 14.2. The summed E-state index contributed by atoms with van der Waals surface area (Å²) >= 11 is 0. The highest BCUT2D eigenvalue weighted by Crippen LogP contribution is 2.30. The molecule has 4 heteroatoms. The lowest BCUT2D eigenvalue weighted by molar-refractivity contribution is 0.139. The minimum Gasteiger partial charge on any atom is -0.504 e. The number of ether oxygens (including phenoxy) is 1. The van der Waals surface area contributed by atoms with Gasteiger partial charge in [-0.25, -0.2) is 0 Å². The Kier molecular flexibility index (Phi) is 4.66. The lowest BCUT2D eigenvalue weighted by atomic mass is 10.0. The summed E-state index contributed by atoms with van der Waals surface area (Å²) in [7, 11) is 5.88. The molecule has 106 valence electrons. The molecule has 0 bridgehead atoms. The van der Waals surface area contributed by atoms with Gasteiger partial charge in [-0.3, -0.25) is 4.90 Å². The molecule has 1 aromatic carbocycles. The number of hydrogen-bond donors (Lipinski definition) is 1. The Labute approximate surface area is 115 Å². The molecule has 0 unspecified atom stereocenters. The normalized spacial score (nSPS) is 17.9. The van der Waals surface area contributed by atoms with Crippen LogP contribution in [0, 0.1) is 0 Å². The van der Waals surface area contributed by atoms with E-state index in [9.17, 15) is 5.11 Å². The van der Waals surface area contributed by atoms with Gasteiger partial charge in [-0.1, -0.05) is 12.1 Å². The Morgan fingerprint density at radius 3 is 2.58 bits per heavy atom. The van der Waals surface area contributed by atoms with E-state index >= 15 is 0 Å². The van der Waals surface area contributed by atoms with Crippen molar-refractivity contribution in [2.75, 3.05) is 34.3 Å². The fourth-order valence-electron chi connectivity index (χ4n) is 2.69. The van der Waals surface area contributed by atoms with Gasteiger partial charge < -0.3 is 14.7 Å².